The summed E-state index contributed by atoms with van der Waals surface area (Å²) in [5.41, 5.74) is 2.51. The number of hydrogen-bond acceptors (Lipinski definition) is 8. The summed E-state index contributed by atoms with van der Waals surface area (Å²) in [7, 11) is 1.67. The van der Waals surface area contributed by atoms with Crippen LogP contribution >= 0.6 is 0 Å². The van der Waals surface area contributed by atoms with Crippen LogP contribution in [0.2, 0.25) is 0 Å². The van der Waals surface area contributed by atoms with Gasteiger partial charge in [0.25, 0.3) is 0 Å². The number of ether oxygens (including phenoxy) is 4. The Hall–Kier alpha value is -1.72. The second-order valence-electron chi connectivity index (χ2n) is 10.3. The zero-order valence-corrected chi connectivity index (χ0v) is 21.6. The second-order valence-corrected chi connectivity index (χ2v) is 10.3. The highest BCUT2D eigenvalue weighted by Gasteiger charge is 2.72. The van der Waals surface area contributed by atoms with Gasteiger partial charge in [0.1, 0.15) is 23.4 Å². The highest BCUT2D eigenvalue weighted by atomic mass is 16.6. The lowest BCUT2D eigenvalue weighted by molar-refractivity contribution is -0.121. The number of carbonyl (C=O) groups is 2. The smallest absolute Gasteiger partial charge is 0.407 e. The molecule has 0 radical (unpaired) electrons. The Morgan fingerprint density at radius 2 is 1.83 bits per heavy atom. The molecular formula is C25H43N3O7. The highest BCUT2D eigenvalue weighted by Crippen LogP contribution is 2.59. The molecule has 0 aromatic rings. The van der Waals surface area contributed by atoms with Crippen LogP contribution in [0.1, 0.15) is 65.7 Å². The van der Waals surface area contributed by atoms with Gasteiger partial charge in [-0.05, 0) is 52.9 Å². The van der Waals surface area contributed by atoms with Gasteiger partial charge in [0.05, 0.1) is 25.2 Å². The van der Waals surface area contributed by atoms with Gasteiger partial charge in [0, 0.05) is 20.2 Å². The minimum absolute atomic E-state index is 0.00997. The number of nitrogens with one attached hydrogen (secondary N) is 3. The molecule has 10 nitrogen and oxygen atoms in total. The van der Waals surface area contributed by atoms with E-state index in [2.05, 4.69) is 37.5 Å². The number of hydrogen-bond donors (Lipinski definition) is 4. The third-order valence-corrected chi connectivity index (χ3v) is 7.43. The number of rotatable bonds is 14. The number of methoxy groups -OCH3 is 1. The van der Waals surface area contributed by atoms with E-state index in [1.807, 2.05) is 5.48 Å². The van der Waals surface area contributed by atoms with E-state index in [-0.39, 0.29) is 47.9 Å². The largest absolute Gasteiger partial charge is 0.443 e. The summed E-state index contributed by atoms with van der Waals surface area (Å²) in [6, 6.07) is 0. The lowest BCUT2D eigenvalue weighted by atomic mass is 9.68. The fourth-order valence-corrected chi connectivity index (χ4v) is 5.41. The quantitative estimate of drug-likeness (QED) is 0.124. The van der Waals surface area contributed by atoms with E-state index in [0.29, 0.717) is 26.1 Å². The first kappa shape index (κ1) is 27.9. The van der Waals surface area contributed by atoms with Crippen LogP contribution in [-0.4, -0.2) is 80.1 Å². The monoisotopic (exact) mass is 497 g/mol. The molecule has 35 heavy (non-hydrogen) atoms. The average Bonchev–Trinajstić information content (AvgIpc) is 3.72. The Morgan fingerprint density at radius 3 is 2.43 bits per heavy atom. The summed E-state index contributed by atoms with van der Waals surface area (Å²) >= 11 is 0. The van der Waals surface area contributed by atoms with Crippen LogP contribution in [0.3, 0.4) is 0 Å². The number of hydroxylamine groups is 1. The summed E-state index contributed by atoms with van der Waals surface area (Å²) in [4.78, 5) is 23.7. The molecule has 3 rings (SSSR count). The zero-order chi connectivity index (χ0) is 25.5. The molecule has 3 fully saturated rings. The molecule has 200 valence electrons. The van der Waals surface area contributed by atoms with E-state index in [1.165, 1.54) is 5.57 Å². The van der Waals surface area contributed by atoms with Gasteiger partial charge < -0.3 is 34.8 Å². The molecule has 2 aliphatic heterocycles. The third kappa shape index (κ3) is 7.39. The van der Waals surface area contributed by atoms with Crippen molar-refractivity contribution < 1.29 is 33.7 Å². The van der Waals surface area contributed by atoms with E-state index in [9.17, 15) is 9.59 Å². The molecule has 2 saturated heterocycles. The maximum atomic E-state index is 12.5. The minimum Gasteiger partial charge on any atom is -0.443 e. The van der Waals surface area contributed by atoms with Crippen molar-refractivity contribution in [2.75, 3.05) is 33.4 Å². The van der Waals surface area contributed by atoms with E-state index in [4.69, 9.17) is 24.2 Å². The normalized spacial score (nSPS) is 33.2. The summed E-state index contributed by atoms with van der Waals surface area (Å²) < 4.78 is 23.9. The van der Waals surface area contributed by atoms with Crippen LogP contribution in [-0.2, 0) is 23.7 Å². The summed E-state index contributed by atoms with van der Waals surface area (Å²) in [5.74, 6) is -0.225. The van der Waals surface area contributed by atoms with Crippen LogP contribution in [0.5, 0.6) is 0 Å². The van der Waals surface area contributed by atoms with Crippen LogP contribution < -0.4 is 16.1 Å². The maximum Gasteiger partial charge on any atom is 0.407 e. The highest BCUT2D eigenvalue weighted by molar-refractivity contribution is 5.77. The van der Waals surface area contributed by atoms with Gasteiger partial charge in [-0.1, -0.05) is 24.5 Å². The Balaban J connectivity index is 1.40. The van der Waals surface area contributed by atoms with Gasteiger partial charge in [0.2, 0.25) is 5.91 Å². The van der Waals surface area contributed by atoms with Crippen molar-refractivity contribution in [1.82, 2.24) is 16.1 Å². The first-order chi connectivity index (χ1) is 16.8. The number of allylic oxidation sites excluding steroid dienone is 1. The molecule has 0 aromatic carbocycles. The maximum absolute atomic E-state index is 12.5. The van der Waals surface area contributed by atoms with Gasteiger partial charge >= 0.3 is 6.09 Å². The Bertz CT molecular complexity index is 753. The molecule has 1 spiro atoms. The Labute approximate surface area is 208 Å². The summed E-state index contributed by atoms with van der Waals surface area (Å²) in [5, 5.41) is 14.0. The molecule has 6 atom stereocenters. The molecule has 4 unspecified atom stereocenters. The number of carbonyl (C=O) groups excluding carboxylic acids is 2. The average molecular weight is 498 g/mol. The van der Waals surface area contributed by atoms with Crippen molar-refractivity contribution in [1.29, 1.82) is 0 Å². The van der Waals surface area contributed by atoms with E-state index in [0.717, 1.165) is 38.5 Å². The predicted molar refractivity (Wildman–Crippen MR) is 129 cm³/mol. The molecule has 4 N–H and O–H groups in total. The first-order valence-electron chi connectivity index (χ1n) is 12.8. The second kappa shape index (κ2) is 12.5. The van der Waals surface area contributed by atoms with Crippen LogP contribution in [0.25, 0.3) is 0 Å². The van der Waals surface area contributed by atoms with Gasteiger partial charge in [-0.3, -0.25) is 4.79 Å². The fraction of sp³-hybridized carbons (Fsp3) is 0.840. The molecule has 2 heterocycles. The van der Waals surface area contributed by atoms with E-state index < -0.39 is 6.09 Å². The van der Waals surface area contributed by atoms with Gasteiger partial charge in [-0.2, -0.15) is 5.48 Å². The van der Waals surface area contributed by atoms with Crippen molar-refractivity contribution in [2.45, 2.75) is 95.2 Å². The number of amides is 2. The molecule has 0 bridgehead atoms. The van der Waals surface area contributed by atoms with Crippen LogP contribution in [0.15, 0.2) is 11.6 Å². The molecule has 0 aromatic heterocycles. The van der Waals surface area contributed by atoms with Crippen molar-refractivity contribution in [3.8, 4) is 0 Å². The Morgan fingerprint density at radius 1 is 1.14 bits per heavy atom. The predicted octanol–water partition coefficient (Wildman–Crippen LogP) is 2.44. The Kier molecular flexibility index (Phi) is 9.94. The lowest BCUT2D eigenvalue weighted by Gasteiger charge is -2.42. The fourth-order valence-electron chi connectivity index (χ4n) is 5.41. The standard InChI is InChI=1S/C25H43N3O7/c1-17(2)9-10-19-24(3,35-19)22-21(32-4)18(11-12-25(22)16-33-25)34-23(30)27-14-8-6-5-7-13-26-20(29)15-28-31/h9,18-19,21-22,28,31H,5-8,10-16H2,1-4H3,(H,26,29)(H,27,30)/t18?,19-,21?,22?,24?,25+/m1/s1. The van der Waals surface area contributed by atoms with Crippen molar-refractivity contribution in [3.05, 3.63) is 11.6 Å². The summed E-state index contributed by atoms with van der Waals surface area (Å²) in [6.07, 6.45) is 7.21. The zero-order valence-electron chi connectivity index (χ0n) is 21.6. The number of alkyl carbamates (subject to hydrolysis) is 1. The first-order valence-corrected chi connectivity index (χ1v) is 12.8. The number of unbranched alkanes of at least 4 members (excludes halogenated alkanes) is 3. The third-order valence-electron chi connectivity index (χ3n) is 7.43. The topological polar surface area (TPSA) is 134 Å². The molecule has 1 saturated carbocycles. The summed E-state index contributed by atoms with van der Waals surface area (Å²) in [6.45, 7) is 8.01. The van der Waals surface area contributed by atoms with E-state index in [1.54, 1.807) is 7.11 Å². The molecule has 1 aliphatic carbocycles. The SMILES string of the molecule is COC1C(OC(=O)NCCCCCCNC(=O)CNO)CC[C@]2(CO2)C1C1(C)O[C@@H]1CC=C(C)C. The molecule has 10 heteroatoms. The minimum atomic E-state index is -0.421. The van der Waals surface area contributed by atoms with Gasteiger partial charge in [0.15, 0.2) is 0 Å². The molecular weight excluding hydrogens is 454 g/mol. The lowest BCUT2D eigenvalue weighted by Crippen LogP contribution is -2.56. The van der Waals surface area contributed by atoms with Crippen LogP contribution in [0.4, 0.5) is 4.79 Å². The molecule has 3 aliphatic rings. The van der Waals surface area contributed by atoms with Gasteiger partial charge in [-0.15, -0.1) is 0 Å². The van der Waals surface area contributed by atoms with Crippen molar-refractivity contribution in [3.63, 3.8) is 0 Å². The molecule has 2 amide bonds. The van der Waals surface area contributed by atoms with Gasteiger partial charge in [-0.25, -0.2) is 4.79 Å². The van der Waals surface area contributed by atoms with Crippen molar-refractivity contribution >= 4 is 12.0 Å². The number of epoxide rings is 2. The van der Waals surface area contributed by atoms with E-state index >= 15 is 0 Å². The van der Waals surface area contributed by atoms with Crippen LogP contribution in [0, 0.1) is 5.92 Å². The van der Waals surface area contributed by atoms with Crippen molar-refractivity contribution in [2.24, 2.45) is 5.92 Å².